The normalized spacial score (nSPS) is 11.1. The summed E-state index contributed by atoms with van der Waals surface area (Å²) in [6, 6.07) is 8.12. The molecule has 0 saturated carbocycles. The van der Waals surface area contributed by atoms with Crippen molar-refractivity contribution >= 4 is 5.91 Å². The largest absolute Gasteiger partial charge is 0.492 e. The maximum absolute atomic E-state index is 11.0. The third kappa shape index (κ3) is 4.78. The lowest BCUT2D eigenvalue weighted by Crippen LogP contribution is -2.27. The van der Waals surface area contributed by atoms with Crippen molar-refractivity contribution in [2.75, 3.05) is 13.2 Å². The Balaban J connectivity index is 2.38. The summed E-state index contributed by atoms with van der Waals surface area (Å²) in [6.45, 7) is 9.44. The van der Waals surface area contributed by atoms with Gasteiger partial charge in [0.15, 0.2) is 0 Å². The first-order valence-corrected chi connectivity index (χ1v) is 6.43. The second kappa shape index (κ2) is 6.43. The predicted octanol–water partition coefficient (Wildman–Crippen LogP) is 2.89. The van der Waals surface area contributed by atoms with Crippen molar-refractivity contribution in [2.24, 2.45) is 0 Å². The van der Waals surface area contributed by atoms with Gasteiger partial charge in [-0.15, -0.1) is 0 Å². The molecule has 1 N–H and O–H groups in total. The van der Waals surface area contributed by atoms with E-state index in [1.165, 1.54) is 5.56 Å². The molecule has 0 aliphatic heterocycles. The van der Waals surface area contributed by atoms with Gasteiger partial charge in [0.25, 0.3) is 0 Å². The van der Waals surface area contributed by atoms with Gasteiger partial charge in [-0.3, -0.25) is 4.79 Å². The minimum Gasteiger partial charge on any atom is -0.492 e. The highest BCUT2D eigenvalue weighted by atomic mass is 16.5. The maximum atomic E-state index is 11.0. The molecule has 100 valence electrons. The fourth-order valence-corrected chi connectivity index (χ4v) is 1.54. The topological polar surface area (TPSA) is 38.3 Å². The fourth-order valence-electron chi connectivity index (χ4n) is 1.54. The standard InChI is InChI=1S/C15H23NO2/c1-5-14(17)16-10-11-18-13-8-6-12(7-9-13)15(2,3)4/h6-9H,5,10-11H2,1-4H3,(H,16,17). The molecule has 1 rings (SSSR count). The third-order valence-corrected chi connectivity index (χ3v) is 2.73. The van der Waals surface area contributed by atoms with Gasteiger partial charge >= 0.3 is 0 Å². The van der Waals surface area contributed by atoms with Crippen molar-refractivity contribution in [3.63, 3.8) is 0 Å². The lowest BCUT2D eigenvalue weighted by Gasteiger charge is -2.19. The van der Waals surface area contributed by atoms with Crippen molar-refractivity contribution in [3.05, 3.63) is 29.8 Å². The number of ether oxygens (including phenoxy) is 1. The molecule has 1 amide bonds. The van der Waals surface area contributed by atoms with Crippen molar-refractivity contribution in [3.8, 4) is 5.75 Å². The molecule has 18 heavy (non-hydrogen) atoms. The molecule has 0 unspecified atom stereocenters. The van der Waals surface area contributed by atoms with Crippen LogP contribution in [0.25, 0.3) is 0 Å². The number of carbonyl (C=O) groups excluding carboxylic acids is 1. The third-order valence-electron chi connectivity index (χ3n) is 2.73. The SMILES string of the molecule is CCC(=O)NCCOc1ccc(C(C)(C)C)cc1. The van der Waals surface area contributed by atoms with Crippen LogP contribution in [0.15, 0.2) is 24.3 Å². The average molecular weight is 249 g/mol. The summed E-state index contributed by atoms with van der Waals surface area (Å²) < 4.78 is 5.55. The molecule has 0 aliphatic rings. The van der Waals surface area contributed by atoms with Gasteiger partial charge in [-0.2, -0.15) is 0 Å². The molecule has 0 saturated heterocycles. The van der Waals surface area contributed by atoms with E-state index in [0.29, 0.717) is 19.6 Å². The highest BCUT2D eigenvalue weighted by molar-refractivity contribution is 5.75. The number of carbonyl (C=O) groups is 1. The van der Waals surface area contributed by atoms with Gasteiger partial charge in [0.2, 0.25) is 5.91 Å². The van der Waals surface area contributed by atoms with Gasteiger partial charge in [0.1, 0.15) is 12.4 Å². The number of hydrogen-bond donors (Lipinski definition) is 1. The molecule has 0 spiro atoms. The minimum absolute atomic E-state index is 0.0571. The van der Waals surface area contributed by atoms with Crippen LogP contribution in [0.3, 0.4) is 0 Å². The van der Waals surface area contributed by atoms with Gasteiger partial charge in [0.05, 0.1) is 6.54 Å². The zero-order valence-electron chi connectivity index (χ0n) is 11.7. The Bertz CT molecular complexity index is 376. The summed E-state index contributed by atoms with van der Waals surface area (Å²) in [7, 11) is 0. The summed E-state index contributed by atoms with van der Waals surface area (Å²) in [5, 5.41) is 2.77. The van der Waals surface area contributed by atoms with Crippen molar-refractivity contribution in [1.82, 2.24) is 5.32 Å². The molecule has 0 aromatic heterocycles. The van der Waals surface area contributed by atoms with Crippen LogP contribution >= 0.6 is 0 Å². The Hall–Kier alpha value is -1.51. The van der Waals surface area contributed by atoms with Gasteiger partial charge < -0.3 is 10.1 Å². The average Bonchev–Trinajstić information content (AvgIpc) is 2.33. The maximum Gasteiger partial charge on any atom is 0.219 e. The number of amides is 1. The smallest absolute Gasteiger partial charge is 0.219 e. The molecule has 0 atom stereocenters. The van der Waals surface area contributed by atoms with Crippen LogP contribution in [0.5, 0.6) is 5.75 Å². The number of hydrogen-bond acceptors (Lipinski definition) is 2. The summed E-state index contributed by atoms with van der Waals surface area (Å²) in [5.41, 5.74) is 1.45. The summed E-state index contributed by atoms with van der Waals surface area (Å²) >= 11 is 0. The first-order valence-electron chi connectivity index (χ1n) is 6.43. The number of rotatable bonds is 5. The van der Waals surface area contributed by atoms with Crippen LogP contribution in [-0.2, 0) is 10.2 Å². The van der Waals surface area contributed by atoms with E-state index in [1.54, 1.807) is 0 Å². The van der Waals surface area contributed by atoms with E-state index in [9.17, 15) is 4.79 Å². The molecule has 0 heterocycles. The molecule has 3 nitrogen and oxygen atoms in total. The Morgan fingerprint density at radius 2 is 1.83 bits per heavy atom. The highest BCUT2D eigenvalue weighted by Crippen LogP contribution is 2.24. The van der Waals surface area contributed by atoms with Crippen LogP contribution < -0.4 is 10.1 Å². The first-order chi connectivity index (χ1) is 8.43. The van der Waals surface area contributed by atoms with Crippen molar-refractivity contribution < 1.29 is 9.53 Å². The van der Waals surface area contributed by atoms with Crippen LogP contribution in [-0.4, -0.2) is 19.1 Å². The van der Waals surface area contributed by atoms with Crippen molar-refractivity contribution in [2.45, 2.75) is 39.5 Å². The van der Waals surface area contributed by atoms with E-state index in [0.717, 1.165) is 5.75 Å². The molecular formula is C15H23NO2. The minimum atomic E-state index is 0.0571. The van der Waals surface area contributed by atoms with E-state index < -0.39 is 0 Å². The van der Waals surface area contributed by atoms with Crippen LogP contribution in [0.2, 0.25) is 0 Å². The van der Waals surface area contributed by atoms with E-state index >= 15 is 0 Å². The number of benzene rings is 1. The molecule has 3 heteroatoms. The molecule has 0 fully saturated rings. The fraction of sp³-hybridized carbons (Fsp3) is 0.533. The Morgan fingerprint density at radius 3 is 2.33 bits per heavy atom. The molecule has 0 aliphatic carbocycles. The molecule has 1 aromatic carbocycles. The molecular weight excluding hydrogens is 226 g/mol. The van der Waals surface area contributed by atoms with E-state index in [4.69, 9.17) is 4.74 Å². The monoisotopic (exact) mass is 249 g/mol. The summed E-state index contributed by atoms with van der Waals surface area (Å²) in [4.78, 5) is 11.0. The molecule has 1 aromatic rings. The van der Waals surface area contributed by atoms with Crippen LogP contribution in [0.1, 0.15) is 39.7 Å². The summed E-state index contributed by atoms with van der Waals surface area (Å²) in [6.07, 6.45) is 0.514. The second-order valence-corrected chi connectivity index (χ2v) is 5.33. The molecule has 0 bridgehead atoms. The van der Waals surface area contributed by atoms with Crippen molar-refractivity contribution in [1.29, 1.82) is 0 Å². The predicted molar refractivity (Wildman–Crippen MR) is 73.9 cm³/mol. The van der Waals surface area contributed by atoms with E-state index in [1.807, 2.05) is 19.1 Å². The Labute approximate surface area is 110 Å². The lowest BCUT2D eigenvalue weighted by atomic mass is 9.87. The van der Waals surface area contributed by atoms with E-state index in [-0.39, 0.29) is 11.3 Å². The Kier molecular flexibility index (Phi) is 5.20. The zero-order valence-corrected chi connectivity index (χ0v) is 11.7. The molecule has 0 radical (unpaired) electrons. The zero-order chi connectivity index (χ0) is 13.6. The van der Waals surface area contributed by atoms with E-state index in [2.05, 4.69) is 38.2 Å². The second-order valence-electron chi connectivity index (χ2n) is 5.33. The van der Waals surface area contributed by atoms with Gasteiger partial charge in [-0.05, 0) is 23.1 Å². The van der Waals surface area contributed by atoms with Crippen LogP contribution in [0.4, 0.5) is 0 Å². The van der Waals surface area contributed by atoms with Crippen LogP contribution in [0, 0.1) is 0 Å². The summed E-state index contributed by atoms with van der Waals surface area (Å²) in [5.74, 6) is 0.899. The highest BCUT2D eigenvalue weighted by Gasteiger charge is 2.12. The quantitative estimate of drug-likeness (QED) is 0.815. The Morgan fingerprint density at radius 1 is 1.22 bits per heavy atom. The van der Waals surface area contributed by atoms with Gasteiger partial charge in [0, 0.05) is 6.42 Å². The number of nitrogens with one attached hydrogen (secondary N) is 1. The first kappa shape index (κ1) is 14.6. The van der Waals surface area contributed by atoms with Gasteiger partial charge in [-0.25, -0.2) is 0 Å². The van der Waals surface area contributed by atoms with Gasteiger partial charge in [-0.1, -0.05) is 39.8 Å². The lowest BCUT2D eigenvalue weighted by molar-refractivity contribution is -0.120.